The fourth-order valence-electron chi connectivity index (χ4n) is 7.76. The molecule has 0 bridgehead atoms. The number of nitrogens with one attached hydrogen (secondary N) is 10. The SMILES string of the molecule is CCNCCCCNCC1CC1CNCCCCNCCCCNCC1CC1CNCCCCNCCCCNCC1CC1CNCCCCNCC. The van der Waals surface area contributed by atoms with Crippen LogP contribution in [0, 0.1) is 35.5 Å². The lowest BCUT2D eigenvalue weighted by Gasteiger charge is -2.08. The smallest absolute Gasteiger partial charge is 0.00173 e. The van der Waals surface area contributed by atoms with Gasteiger partial charge in [0.2, 0.25) is 0 Å². The number of unbranched alkanes of at least 4 members (excludes halogenated alkanes) is 6. The normalized spacial score (nSPS) is 23.2. The maximum atomic E-state index is 3.73. The Bertz CT molecular complexity index is 728. The van der Waals surface area contributed by atoms with Crippen LogP contribution in [0.5, 0.6) is 0 Å². The van der Waals surface area contributed by atoms with Crippen molar-refractivity contribution < 1.29 is 0 Å². The van der Waals surface area contributed by atoms with Crippen LogP contribution < -0.4 is 53.2 Å². The third-order valence-electron chi connectivity index (χ3n) is 11.9. The van der Waals surface area contributed by atoms with Gasteiger partial charge in [-0.1, -0.05) is 13.8 Å². The van der Waals surface area contributed by atoms with Crippen LogP contribution in [0.2, 0.25) is 0 Å². The molecule has 0 radical (unpaired) electrons. The van der Waals surface area contributed by atoms with E-state index < -0.39 is 0 Å². The van der Waals surface area contributed by atoms with Gasteiger partial charge in [0.15, 0.2) is 0 Å². The Morgan fingerprint density at radius 1 is 0.245 bits per heavy atom. The molecule has 3 saturated carbocycles. The summed E-state index contributed by atoms with van der Waals surface area (Å²) >= 11 is 0. The molecule has 53 heavy (non-hydrogen) atoms. The van der Waals surface area contributed by atoms with Gasteiger partial charge in [-0.15, -0.1) is 0 Å². The van der Waals surface area contributed by atoms with Crippen molar-refractivity contribution in [2.75, 3.05) is 131 Å². The summed E-state index contributed by atoms with van der Waals surface area (Å²) in [5.41, 5.74) is 0. The van der Waals surface area contributed by atoms with Gasteiger partial charge in [-0.3, -0.25) is 0 Å². The van der Waals surface area contributed by atoms with Gasteiger partial charge in [0, 0.05) is 0 Å². The largest absolute Gasteiger partial charge is 0.317 e. The quantitative estimate of drug-likeness (QED) is 0.0425. The molecule has 0 aromatic heterocycles. The molecule has 3 fully saturated rings. The Hall–Kier alpha value is -0.400. The van der Waals surface area contributed by atoms with Gasteiger partial charge in [0.05, 0.1) is 0 Å². The summed E-state index contributed by atoms with van der Waals surface area (Å²) < 4.78 is 0. The summed E-state index contributed by atoms with van der Waals surface area (Å²) in [4.78, 5) is 0. The molecule has 0 saturated heterocycles. The topological polar surface area (TPSA) is 120 Å². The highest BCUT2D eigenvalue weighted by atomic mass is 14.9. The monoisotopic (exact) mass is 749 g/mol. The van der Waals surface area contributed by atoms with Gasteiger partial charge in [0.25, 0.3) is 0 Å². The molecule has 0 amide bonds. The highest BCUT2D eigenvalue weighted by molar-refractivity contribution is 4.90. The van der Waals surface area contributed by atoms with Crippen LogP contribution in [-0.4, -0.2) is 131 Å². The lowest BCUT2D eigenvalue weighted by atomic mass is 10.2. The van der Waals surface area contributed by atoms with Crippen LogP contribution in [0.25, 0.3) is 0 Å². The Kier molecular flexibility index (Phi) is 29.9. The van der Waals surface area contributed by atoms with Crippen molar-refractivity contribution in [3.63, 3.8) is 0 Å². The van der Waals surface area contributed by atoms with Crippen molar-refractivity contribution in [2.45, 2.75) is 110 Å². The van der Waals surface area contributed by atoms with Crippen LogP contribution >= 0.6 is 0 Å². The molecule has 314 valence electrons. The summed E-state index contributed by atoms with van der Waals surface area (Å²) in [6.07, 6.45) is 19.7. The Morgan fingerprint density at radius 3 is 0.604 bits per heavy atom. The van der Waals surface area contributed by atoms with Crippen LogP contribution in [0.3, 0.4) is 0 Å². The third-order valence-corrected chi connectivity index (χ3v) is 11.9. The van der Waals surface area contributed by atoms with E-state index in [0.717, 1.165) is 61.7 Å². The Labute approximate surface area is 329 Å². The van der Waals surface area contributed by atoms with Gasteiger partial charge in [0.1, 0.15) is 0 Å². The maximum Gasteiger partial charge on any atom is -0.00173 e. The molecule has 3 rings (SSSR count). The third kappa shape index (κ3) is 27.8. The summed E-state index contributed by atoms with van der Waals surface area (Å²) in [6.45, 7) is 28.0. The van der Waals surface area contributed by atoms with E-state index in [-0.39, 0.29) is 0 Å². The number of rotatable bonds is 44. The molecule has 6 atom stereocenters. The van der Waals surface area contributed by atoms with Crippen LogP contribution in [0.15, 0.2) is 0 Å². The predicted molar refractivity (Wildman–Crippen MR) is 230 cm³/mol. The average Bonchev–Trinajstić information content (AvgIpc) is 4.10. The zero-order valence-corrected chi connectivity index (χ0v) is 35.2. The van der Waals surface area contributed by atoms with E-state index in [1.54, 1.807) is 0 Å². The minimum atomic E-state index is 0.909. The molecule has 10 heteroatoms. The minimum absolute atomic E-state index is 0.909. The van der Waals surface area contributed by atoms with E-state index in [0.29, 0.717) is 0 Å². The Balaban J connectivity index is 0.909. The summed E-state index contributed by atoms with van der Waals surface area (Å²) in [5, 5.41) is 36.3. The highest BCUT2D eigenvalue weighted by Gasteiger charge is 2.37. The molecular weight excluding hydrogens is 657 g/mol. The van der Waals surface area contributed by atoms with Crippen molar-refractivity contribution >= 4 is 0 Å². The second kappa shape index (κ2) is 33.7. The molecule has 3 aliphatic carbocycles. The standard InChI is InChI=1S/C43H92N10/c1-3-44-17-5-11-23-48-32-38-29-40(38)34-50-25-13-7-19-46-21-9-15-27-52-36-42-31-43(42)37-53-28-16-10-22-47-20-8-14-26-51-35-41-30-39(41)33-49-24-12-6-18-45-4-2/h38-53H,3-37H2,1-2H3. The zero-order valence-electron chi connectivity index (χ0n) is 35.2. The van der Waals surface area contributed by atoms with E-state index in [1.165, 1.54) is 201 Å². The van der Waals surface area contributed by atoms with Crippen molar-refractivity contribution in [3.8, 4) is 0 Å². The van der Waals surface area contributed by atoms with E-state index in [2.05, 4.69) is 67.0 Å². The molecule has 0 aliphatic heterocycles. The first kappa shape index (κ1) is 47.0. The maximum absolute atomic E-state index is 3.73. The van der Waals surface area contributed by atoms with Gasteiger partial charge >= 0.3 is 0 Å². The fraction of sp³-hybridized carbons (Fsp3) is 1.00. The Morgan fingerprint density at radius 2 is 0.415 bits per heavy atom. The second-order valence-electron chi connectivity index (χ2n) is 16.9. The molecule has 0 aromatic rings. The van der Waals surface area contributed by atoms with Gasteiger partial charge < -0.3 is 53.2 Å². The van der Waals surface area contributed by atoms with E-state index in [4.69, 9.17) is 0 Å². The molecule has 6 unspecified atom stereocenters. The first-order chi connectivity index (χ1) is 26.3. The molecule has 0 heterocycles. The lowest BCUT2D eigenvalue weighted by molar-refractivity contribution is 0.516. The number of hydrogen-bond donors (Lipinski definition) is 10. The summed E-state index contributed by atoms with van der Waals surface area (Å²) in [7, 11) is 0. The second-order valence-corrected chi connectivity index (χ2v) is 16.9. The first-order valence-electron chi connectivity index (χ1n) is 23.4. The molecule has 0 aromatic carbocycles. The van der Waals surface area contributed by atoms with E-state index >= 15 is 0 Å². The molecule has 0 spiro atoms. The molecular formula is C43H92N10. The zero-order chi connectivity index (χ0) is 37.3. The fourth-order valence-corrected chi connectivity index (χ4v) is 7.76. The van der Waals surface area contributed by atoms with Crippen molar-refractivity contribution in [1.29, 1.82) is 0 Å². The lowest BCUT2D eigenvalue weighted by Crippen LogP contribution is -2.25. The number of hydrogen-bond acceptors (Lipinski definition) is 10. The summed E-state index contributed by atoms with van der Waals surface area (Å²) in [5.74, 6) is 5.49. The van der Waals surface area contributed by atoms with Crippen LogP contribution in [0.1, 0.15) is 110 Å². The first-order valence-corrected chi connectivity index (χ1v) is 23.4. The van der Waals surface area contributed by atoms with Gasteiger partial charge in [-0.05, 0) is 263 Å². The highest BCUT2D eigenvalue weighted by Crippen LogP contribution is 2.38. The predicted octanol–water partition coefficient (Wildman–Crippen LogP) is 3.51. The summed E-state index contributed by atoms with van der Waals surface area (Å²) in [6, 6.07) is 0. The molecule has 3 aliphatic rings. The van der Waals surface area contributed by atoms with Gasteiger partial charge in [-0.2, -0.15) is 0 Å². The van der Waals surface area contributed by atoms with E-state index in [1.807, 2.05) is 0 Å². The molecule has 10 nitrogen and oxygen atoms in total. The average molecular weight is 749 g/mol. The van der Waals surface area contributed by atoms with Crippen molar-refractivity contribution in [1.82, 2.24) is 53.2 Å². The minimum Gasteiger partial charge on any atom is -0.317 e. The van der Waals surface area contributed by atoms with Crippen molar-refractivity contribution in [3.05, 3.63) is 0 Å². The van der Waals surface area contributed by atoms with Crippen molar-refractivity contribution in [2.24, 2.45) is 35.5 Å². The molecule has 10 N–H and O–H groups in total. The van der Waals surface area contributed by atoms with Gasteiger partial charge in [-0.25, -0.2) is 0 Å². The van der Waals surface area contributed by atoms with Crippen LogP contribution in [0.4, 0.5) is 0 Å². The van der Waals surface area contributed by atoms with E-state index in [9.17, 15) is 0 Å². The van der Waals surface area contributed by atoms with Crippen LogP contribution in [-0.2, 0) is 0 Å².